The van der Waals surface area contributed by atoms with Gasteiger partial charge in [-0.3, -0.25) is 13.9 Å². The zero-order valence-electron chi connectivity index (χ0n) is 24.1. The number of carbonyl (C=O) groups excluding carboxylic acids is 2. The highest BCUT2D eigenvalue weighted by Gasteiger charge is 2.34. The van der Waals surface area contributed by atoms with Crippen molar-refractivity contribution in [1.82, 2.24) is 10.2 Å². The van der Waals surface area contributed by atoms with Crippen molar-refractivity contribution in [3.63, 3.8) is 0 Å². The van der Waals surface area contributed by atoms with Gasteiger partial charge in [-0.15, -0.1) is 0 Å². The molecule has 0 unspecified atom stereocenters. The Labute approximate surface area is 263 Å². The lowest BCUT2D eigenvalue weighted by Crippen LogP contribution is -2.53. The summed E-state index contributed by atoms with van der Waals surface area (Å²) < 4.78 is 29.3. The number of aryl methyl sites for hydroxylation is 2. The van der Waals surface area contributed by atoms with Crippen LogP contribution in [0.2, 0.25) is 10.0 Å². The fraction of sp³-hybridized carbons (Fsp3) is 0.212. The van der Waals surface area contributed by atoms with Crippen LogP contribution in [0.15, 0.2) is 102 Å². The highest BCUT2D eigenvalue weighted by molar-refractivity contribution is 7.92. The quantitative estimate of drug-likeness (QED) is 0.212. The van der Waals surface area contributed by atoms with E-state index in [4.69, 9.17) is 23.2 Å². The van der Waals surface area contributed by atoms with Crippen LogP contribution < -0.4 is 9.62 Å². The van der Waals surface area contributed by atoms with E-state index >= 15 is 0 Å². The van der Waals surface area contributed by atoms with E-state index in [2.05, 4.69) is 5.32 Å². The summed E-state index contributed by atoms with van der Waals surface area (Å²) >= 11 is 12.4. The van der Waals surface area contributed by atoms with Gasteiger partial charge in [-0.25, -0.2) is 8.42 Å². The van der Waals surface area contributed by atoms with Crippen LogP contribution in [0.1, 0.15) is 22.3 Å². The Balaban J connectivity index is 1.81. The summed E-state index contributed by atoms with van der Waals surface area (Å²) in [5.74, 6) is -0.937. The first-order valence-electron chi connectivity index (χ1n) is 13.6. The van der Waals surface area contributed by atoms with Gasteiger partial charge in [0.15, 0.2) is 0 Å². The Bertz CT molecular complexity index is 1680. The number of nitrogens with one attached hydrogen (secondary N) is 1. The normalized spacial score (nSPS) is 11.9. The van der Waals surface area contributed by atoms with Crippen molar-refractivity contribution >= 4 is 50.7 Å². The summed E-state index contributed by atoms with van der Waals surface area (Å²) in [5, 5.41) is 3.53. The lowest BCUT2D eigenvalue weighted by Gasteiger charge is -2.34. The Morgan fingerprint density at radius 1 is 0.814 bits per heavy atom. The van der Waals surface area contributed by atoms with Gasteiger partial charge >= 0.3 is 0 Å². The number of amides is 2. The van der Waals surface area contributed by atoms with Gasteiger partial charge in [-0.2, -0.15) is 0 Å². The van der Waals surface area contributed by atoms with Crippen molar-refractivity contribution in [2.45, 2.75) is 37.8 Å². The maximum Gasteiger partial charge on any atom is 0.264 e. The molecule has 0 fully saturated rings. The number of benzene rings is 4. The molecule has 0 aliphatic carbocycles. The number of hydrogen-bond acceptors (Lipinski definition) is 4. The summed E-state index contributed by atoms with van der Waals surface area (Å²) in [6.45, 7) is 3.10. The van der Waals surface area contributed by atoms with E-state index in [0.29, 0.717) is 15.6 Å². The monoisotopic (exact) mass is 637 g/mol. The topological polar surface area (TPSA) is 86.8 Å². The second kappa shape index (κ2) is 14.1. The molecule has 0 saturated heterocycles. The zero-order valence-corrected chi connectivity index (χ0v) is 26.5. The van der Waals surface area contributed by atoms with E-state index in [0.717, 1.165) is 21.0 Å². The molecular formula is C33H33Cl2N3O4S. The predicted molar refractivity (Wildman–Crippen MR) is 172 cm³/mol. The number of halogens is 2. The van der Waals surface area contributed by atoms with Crippen molar-refractivity contribution < 1.29 is 18.0 Å². The number of sulfonamides is 1. The standard InChI is InChI=1S/C33H33Cl2N3O4S/c1-23-9-17-29(18-10-23)43(41,42)38(30-20-28(35)14-11-24(30)2)22-32(39)37(21-26-12-15-27(34)16-13-26)31(33(40)36-3)19-25-7-5-4-6-8-25/h4-18,20,31H,19,21-22H2,1-3H3,(H,36,40)/t31-/m1/s1. The van der Waals surface area contributed by atoms with Crippen LogP contribution >= 0.6 is 23.2 Å². The number of carbonyl (C=O) groups is 2. The molecule has 1 N–H and O–H groups in total. The Hall–Kier alpha value is -3.85. The molecule has 10 heteroatoms. The van der Waals surface area contributed by atoms with Crippen LogP contribution in [0.3, 0.4) is 0 Å². The van der Waals surface area contributed by atoms with Crippen LogP contribution in [0, 0.1) is 13.8 Å². The third kappa shape index (κ3) is 7.96. The lowest BCUT2D eigenvalue weighted by molar-refractivity contribution is -0.139. The number of rotatable bonds is 11. The van der Waals surface area contributed by atoms with Gasteiger partial charge in [0.2, 0.25) is 11.8 Å². The molecule has 224 valence electrons. The van der Waals surface area contributed by atoms with E-state index in [1.54, 1.807) is 55.5 Å². The van der Waals surface area contributed by atoms with Gasteiger partial charge in [-0.1, -0.05) is 89.4 Å². The summed E-state index contributed by atoms with van der Waals surface area (Å²) in [6, 6.07) is 26.7. The minimum absolute atomic E-state index is 0.0293. The first-order valence-corrected chi connectivity index (χ1v) is 15.8. The van der Waals surface area contributed by atoms with Crippen LogP contribution in [0.4, 0.5) is 5.69 Å². The van der Waals surface area contributed by atoms with Gasteiger partial charge in [-0.05, 0) is 66.9 Å². The third-order valence-electron chi connectivity index (χ3n) is 7.11. The van der Waals surface area contributed by atoms with Gasteiger partial charge in [0, 0.05) is 30.1 Å². The molecule has 0 saturated carbocycles. The van der Waals surface area contributed by atoms with Crippen LogP contribution in [0.5, 0.6) is 0 Å². The zero-order chi connectivity index (χ0) is 31.1. The number of anilines is 1. The Kier molecular flexibility index (Phi) is 10.5. The largest absolute Gasteiger partial charge is 0.357 e. The average Bonchev–Trinajstić information content (AvgIpc) is 3.00. The molecule has 0 heterocycles. The molecule has 0 spiro atoms. The van der Waals surface area contributed by atoms with E-state index in [-0.39, 0.29) is 29.5 Å². The van der Waals surface area contributed by atoms with E-state index in [1.807, 2.05) is 37.3 Å². The van der Waals surface area contributed by atoms with Gasteiger partial charge in [0.1, 0.15) is 12.6 Å². The number of hydrogen-bond donors (Lipinski definition) is 1. The average molecular weight is 639 g/mol. The number of likely N-dealkylation sites (N-methyl/N-ethyl adjacent to an activating group) is 1. The first-order chi connectivity index (χ1) is 20.5. The van der Waals surface area contributed by atoms with Crippen LogP contribution in [0.25, 0.3) is 0 Å². The predicted octanol–water partition coefficient (Wildman–Crippen LogP) is 6.19. The molecule has 1 atom stereocenters. The highest BCUT2D eigenvalue weighted by Crippen LogP contribution is 2.30. The van der Waals surface area contributed by atoms with Crippen molar-refractivity contribution in [2.75, 3.05) is 17.9 Å². The molecule has 7 nitrogen and oxygen atoms in total. The van der Waals surface area contributed by atoms with Gasteiger partial charge < -0.3 is 10.2 Å². The summed E-state index contributed by atoms with van der Waals surface area (Å²) in [7, 11) is -2.71. The molecule has 4 aromatic rings. The van der Waals surface area contributed by atoms with Crippen molar-refractivity contribution in [2.24, 2.45) is 0 Å². The minimum Gasteiger partial charge on any atom is -0.357 e. The van der Waals surface area contributed by atoms with Crippen molar-refractivity contribution in [3.8, 4) is 0 Å². The van der Waals surface area contributed by atoms with Crippen molar-refractivity contribution in [1.29, 1.82) is 0 Å². The molecular weight excluding hydrogens is 605 g/mol. The summed E-state index contributed by atoms with van der Waals surface area (Å²) in [6.07, 6.45) is 0.223. The number of nitrogens with zero attached hydrogens (tertiary/aromatic N) is 2. The summed E-state index contributed by atoms with van der Waals surface area (Å²) in [4.78, 5) is 29.1. The molecule has 0 aromatic heterocycles. The SMILES string of the molecule is CNC(=O)[C@@H](Cc1ccccc1)N(Cc1ccc(Cl)cc1)C(=O)CN(c1cc(Cl)ccc1C)S(=O)(=O)c1ccc(C)cc1. The van der Waals surface area contributed by atoms with Gasteiger partial charge in [0.25, 0.3) is 10.0 Å². The molecule has 2 amide bonds. The third-order valence-corrected chi connectivity index (χ3v) is 9.37. The Morgan fingerprint density at radius 3 is 2.07 bits per heavy atom. The highest BCUT2D eigenvalue weighted by atomic mass is 35.5. The Morgan fingerprint density at radius 2 is 1.44 bits per heavy atom. The molecule has 0 bridgehead atoms. The molecule has 43 heavy (non-hydrogen) atoms. The first kappa shape index (κ1) is 32.1. The van der Waals surface area contributed by atoms with Gasteiger partial charge in [0.05, 0.1) is 10.6 Å². The fourth-order valence-corrected chi connectivity index (χ4v) is 6.47. The maximum absolute atomic E-state index is 14.4. The van der Waals surface area contributed by atoms with E-state index in [1.165, 1.54) is 30.1 Å². The molecule has 4 rings (SSSR count). The van der Waals surface area contributed by atoms with E-state index in [9.17, 15) is 18.0 Å². The van der Waals surface area contributed by atoms with Crippen LogP contribution in [-0.2, 0) is 32.6 Å². The second-order valence-corrected chi connectivity index (χ2v) is 13.0. The maximum atomic E-state index is 14.4. The molecule has 4 aromatic carbocycles. The van der Waals surface area contributed by atoms with Crippen molar-refractivity contribution in [3.05, 3.63) is 129 Å². The fourth-order valence-electron chi connectivity index (χ4n) is 4.71. The van der Waals surface area contributed by atoms with E-state index < -0.39 is 28.5 Å². The molecule has 0 aliphatic heterocycles. The molecule has 0 radical (unpaired) electrons. The summed E-state index contributed by atoms with van der Waals surface area (Å²) in [5.41, 5.74) is 3.35. The molecule has 0 aliphatic rings. The minimum atomic E-state index is -4.22. The van der Waals surface area contributed by atoms with Crippen LogP contribution in [-0.4, -0.2) is 44.8 Å². The second-order valence-electron chi connectivity index (χ2n) is 10.2. The lowest BCUT2D eigenvalue weighted by atomic mass is 10.0. The smallest absolute Gasteiger partial charge is 0.264 e.